The summed E-state index contributed by atoms with van der Waals surface area (Å²) in [6, 6.07) is 4.16. The van der Waals surface area contributed by atoms with Crippen molar-refractivity contribution in [3.63, 3.8) is 0 Å². The van der Waals surface area contributed by atoms with Gasteiger partial charge >= 0.3 is 0 Å². The van der Waals surface area contributed by atoms with Gasteiger partial charge in [-0.1, -0.05) is 6.92 Å². The molecule has 0 heterocycles. The number of halogens is 1. The fourth-order valence-corrected chi connectivity index (χ4v) is 1.51. The maximum atomic E-state index is 13.4. The number of carbonyl (C=O) groups excluding carboxylic acids is 2. The predicted molar refractivity (Wildman–Crippen MR) is 66.4 cm³/mol. The van der Waals surface area contributed by atoms with Gasteiger partial charge in [-0.3, -0.25) is 9.59 Å². The highest BCUT2D eigenvalue weighted by Gasteiger charge is 2.08. The first-order valence-electron chi connectivity index (χ1n) is 5.99. The van der Waals surface area contributed by atoms with E-state index in [4.69, 9.17) is 4.74 Å². The molecule has 0 saturated heterocycles. The highest BCUT2D eigenvalue weighted by Crippen LogP contribution is 2.17. The lowest BCUT2D eigenvalue weighted by molar-refractivity contribution is -0.118. The minimum atomic E-state index is -0.579. The Labute approximate surface area is 106 Å². The summed E-state index contributed by atoms with van der Waals surface area (Å²) in [4.78, 5) is 22.1. The maximum Gasteiger partial charge on any atom is 0.162 e. The van der Waals surface area contributed by atoms with Crippen LogP contribution in [0.5, 0.6) is 5.75 Å². The standard InChI is InChI=1S/C14H17FO3/c1-3-11(17)5-4-8-18-12-6-7-13(10(2)16)14(15)9-12/h6-7,9H,3-5,8H2,1-2H3. The van der Waals surface area contributed by atoms with Gasteiger partial charge in [-0.05, 0) is 25.5 Å². The molecule has 3 nitrogen and oxygen atoms in total. The largest absolute Gasteiger partial charge is 0.493 e. The number of benzene rings is 1. The van der Waals surface area contributed by atoms with Crippen molar-refractivity contribution in [3.8, 4) is 5.75 Å². The molecule has 0 amide bonds. The number of carbonyl (C=O) groups is 2. The molecule has 0 aliphatic carbocycles. The minimum Gasteiger partial charge on any atom is -0.493 e. The van der Waals surface area contributed by atoms with E-state index < -0.39 is 5.82 Å². The van der Waals surface area contributed by atoms with Gasteiger partial charge in [-0.15, -0.1) is 0 Å². The molecule has 1 aromatic carbocycles. The van der Waals surface area contributed by atoms with Crippen LogP contribution in [0.1, 0.15) is 43.5 Å². The van der Waals surface area contributed by atoms with Crippen molar-refractivity contribution < 1.29 is 18.7 Å². The Morgan fingerprint density at radius 3 is 2.61 bits per heavy atom. The number of rotatable bonds is 7. The summed E-state index contributed by atoms with van der Waals surface area (Å²) in [5.74, 6) is -0.324. The Kier molecular flexibility index (Phi) is 5.49. The van der Waals surface area contributed by atoms with E-state index in [1.54, 1.807) is 6.07 Å². The van der Waals surface area contributed by atoms with Crippen LogP contribution in [0, 0.1) is 5.82 Å². The molecule has 0 spiro atoms. The van der Waals surface area contributed by atoms with E-state index in [9.17, 15) is 14.0 Å². The molecule has 0 bridgehead atoms. The normalized spacial score (nSPS) is 10.2. The quantitative estimate of drug-likeness (QED) is 0.553. The third-order valence-corrected chi connectivity index (χ3v) is 2.58. The number of Topliss-reactive ketones (excluding diaryl/α,β-unsaturated/α-hetero) is 2. The van der Waals surface area contributed by atoms with Gasteiger partial charge in [0.15, 0.2) is 5.78 Å². The first-order chi connectivity index (χ1) is 8.54. The molecule has 0 aliphatic heterocycles. The Balaban J connectivity index is 2.46. The third-order valence-electron chi connectivity index (χ3n) is 2.58. The third kappa shape index (κ3) is 4.28. The first-order valence-corrected chi connectivity index (χ1v) is 5.99. The lowest BCUT2D eigenvalue weighted by atomic mass is 10.1. The molecule has 0 unspecified atom stereocenters. The van der Waals surface area contributed by atoms with Crippen LogP contribution in [0.2, 0.25) is 0 Å². The van der Waals surface area contributed by atoms with Crippen LogP contribution in [0.25, 0.3) is 0 Å². The fourth-order valence-electron chi connectivity index (χ4n) is 1.51. The minimum absolute atomic E-state index is 0.0588. The van der Waals surface area contributed by atoms with Gasteiger partial charge in [0.05, 0.1) is 12.2 Å². The average molecular weight is 252 g/mol. The van der Waals surface area contributed by atoms with Crippen molar-refractivity contribution >= 4 is 11.6 Å². The molecule has 1 aromatic rings. The molecule has 0 aromatic heterocycles. The molecule has 1 rings (SSSR count). The fraction of sp³-hybridized carbons (Fsp3) is 0.429. The molecule has 0 fully saturated rings. The van der Waals surface area contributed by atoms with Crippen LogP contribution in [0.4, 0.5) is 4.39 Å². The SMILES string of the molecule is CCC(=O)CCCOc1ccc(C(C)=O)c(F)c1. The van der Waals surface area contributed by atoms with Crippen molar-refractivity contribution in [2.45, 2.75) is 33.1 Å². The Hall–Kier alpha value is -1.71. The summed E-state index contributed by atoms with van der Waals surface area (Å²) in [5.41, 5.74) is 0.0588. The first kappa shape index (κ1) is 14.4. The van der Waals surface area contributed by atoms with Crippen LogP contribution in [0.15, 0.2) is 18.2 Å². The summed E-state index contributed by atoms with van der Waals surface area (Å²) >= 11 is 0. The van der Waals surface area contributed by atoms with Crippen molar-refractivity contribution in [1.29, 1.82) is 0 Å². The van der Waals surface area contributed by atoms with Gasteiger partial charge in [-0.25, -0.2) is 4.39 Å². The molecule has 18 heavy (non-hydrogen) atoms. The van der Waals surface area contributed by atoms with Crippen LogP contribution < -0.4 is 4.74 Å². The number of ketones is 2. The van der Waals surface area contributed by atoms with E-state index in [1.807, 2.05) is 6.92 Å². The van der Waals surface area contributed by atoms with Crippen molar-refractivity contribution in [3.05, 3.63) is 29.6 Å². The zero-order valence-electron chi connectivity index (χ0n) is 10.7. The van der Waals surface area contributed by atoms with Gasteiger partial charge < -0.3 is 4.74 Å². The van der Waals surface area contributed by atoms with Gasteiger partial charge in [0.25, 0.3) is 0 Å². The summed E-state index contributed by atoms with van der Waals surface area (Å²) < 4.78 is 18.8. The topological polar surface area (TPSA) is 43.4 Å². The summed E-state index contributed by atoms with van der Waals surface area (Å²) in [5, 5.41) is 0. The number of ether oxygens (including phenoxy) is 1. The lowest BCUT2D eigenvalue weighted by Crippen LogP contribution is -2.03. The molecule has 0 radical (unpaired) electrons. The second-order valence-electron chi connectivity index (χ2n) is 4.04. The van der Waals surface area contributed by atoms with Crippen molar-refractivity contribution in [1.82, 2.24) is 0 Å². The molecule has 0 N–H and O–H groups in total. The van der Waals surface area contributed by atoms with Crippen LogP contribution in [-0.2, 0) is 4.79 Å². The van der Waals surface area contributed by atoms with Gasteiger partial charge in [0.1, 0.15) is 17.3 Å². The summed E-state index contributed by atoms with van der Waals surface area (Å²) in [6.07, 6.45) is 1.62. The molecule has 4 heteroatoms. The van der Waals surface area contributed by atoms with E-state index in [0.717, 1.165) is 0 Å². The molecular weight excluding hydrogens is 235 g/mol. The molecule has 98 valence electrons. The smallest absolute Gasteiger partial charge is 0.162 e. The zero-order chi connectivity index (χ0) is 13.5. The molecule has 0 atom stereocenters. The predicted octanol–water partition coefficient (Wildman–Crippen LogP) is 3.17. The van der Waals surface area contributed by atoms with E-state index >= 15 is 0 Å². The molecular formula is C14H17FO3. The van der Waals surface area contributed by atoms with Crippen molar-refractivity contribution in [2.24, 2.45) is 0 Å². The Bertz CT molecular complexity index is 441. The number of hydrogen-bond donors (Lipinski definition) is 0. The van der Waals surface area contributed by atoms with Gasteiger partial charge in [0.2, 0.25) is 0 Å². The van der Waals surface area contributed by atoms with Crippen LogP contribution in [0.3, 0.4) is 0 Å². The maximum absolute atomic E-state index is 13.4. The van der Waals surface area contributed by atoms with E-state index in [2.05, 4.69) is 0 Å². The summed E-state index contributed by atoms with van der Waals surface area (Å²) in [6.45, 7) is 3.50. The second-order valence-corrected chi connectivity index (χ2v) is 4.04. The average Bonchev–Trinajstić information content (AvgIpc) is 2.34. The van der Waals surface area contributed by atoms with Crippen LogP contribution in [-0.4, -0.2) is 18.2 Å². The zero-order valence-corrected chi connectivity index (χ0v) is 10.7. The van der Waals surface area contributed by atoms with Crippen molar-refractivity contribution in [2.75, 3.05) is 6.61 Å². The van der Waals surface area contributed by atoms with E-state index in [1.165, 1.54) is 19.1 Å². The van der Waals surface area contributed by atoms with E-state index in [0.29, 0.717) is 31.6 Å². The van der Waals surface area contributed by atoms with E-state index in [-0.39, 0.29) is 17.1 Å². The lowest BCUT2D eigenvalue weighted by Gasteiger charge is -2.07. The highest BCUT2D eigenvalue weighted by atomic mass is 19.1. The second kappa shape index (κ2) is 6.89. The van der Waals surface area contributed by atoms with Gasteiger partial charge in [0, 0.05) is 18.9 Å². The molecule has 0 aliphatic rings. The van der Waals surface area contributed by atoms with Gasteiger partial charge in [-0.2, -0.15) is 0 Å². The summed E-state index contributed by atoms with van der Waals surface area (Å²) in [7, 11) is 0. The van der Waals surface area contributed by atoms with Crippen LogP contribution >= 0.6 is 0 Å². The molecule has 0 saturated carbocycles. The monoisotopic (exact) mass is 252 g/mol. The number of hydrogen-bond acceptors (Lipinski definition) is 3. The Morgan fingerprint density at radius 1 is 1.33 bits per heavy atom. The highest BCUT2D eigenvalue weighted by molar-refractivity contribution is 5.94. The Morgan fingerprint density at radius 2 is 2.06 bits per heavy atom.